The molecule has 0 spiro atoms. The van der Waals surface area contributed by atoms with Crippen LogP contribution in [0.25, 0.3) is 0 Å². The maximum atomic E-state index is 12.8. The van der Waals surface area contributed by atoms with Gasteiger partial charge >= 0.3 is 0 Å². The number of aromatic nitrogens is 1. The number of hydrogen-bond acceptors (Lipinski definition) is 4. The fraction of sp³-hybridized carbons (Fsp3) is 0.381. The Balaban J connectivity index is 1.59. The van der Waals surface area contributed by atoms with Crippen LogP contribution in [0.1, 0.15) is 12.0 Å². The molecule has 1 aromatic heterocycles. The lowest BCUT2D eigenvalue weighted by molar-refractivity contribution is -0.184. The van der Waals surface area contributed by atoms with Gasteiger partial charge in [-0.25, -0.2) is 0 Å². The Kier molecular flexibility index (Phi) is 4.77. The first kappa shape index (κ1) is 18.4. The number of carbonyl (C=O) groups excluding carboxylic acids is 2. The molecule has 2 fully saturated rings. The third-order valence-electron chi connectivity index (χ3n) is 5.89. The standard InChI is InChI=1S/C21H23N3O4/c1-22-20(27)15-28-17-13-24(19(26)14-23-11-6-5-9-18(23)25)12-10-21(17,22)16-7-3-2-4-8-16/h2-9,11,17H,10,12-15H2,1H3/t17-,21+/m1/s1. The van der Waals surface area contributed by atoms with Gasteiger partial charge in [0, 0.05) is 32.4 Å². The highest BCUT2D eigenvalue weighted by molar-refractivity contribution is 5.80. The van der Waals surface area contributed by atoms with Crippen LogP contribution >= 0.6 is 0 Å². The van der Waals surface area contributed by atoms with Crippen LogP contribution in [0.2, 0.25) is 0 Å². The summed E-state index contributed by atoms with van der Waals surface area (Å²) in [6.07, 6.45) is 1.88. The molecule has 2 amide bonds. The second-order valence-corrected chi connectivity index (χ2v) is 7.30. The van der Waals surface area contributed by atoms with Gasteiger partial charge in [-0.3, -0.25) is 14.4 Å². The molecule has 2 aromatic rings. The van der Waals surface area contributed by atoms with Crippen molar-refractivity contribution in [3.05, 3.63) is 70.6 Å². The number of hydrogen-bond donors (Lipinski definition) is 0. The summed E-state index contributed by atoms with van der Waals surface area (Å²) >= 11 is 0. The van der Waals surface area contributed by atoms with Crippen molar-refractivity contribution < 1.29 is 14.3 Å². The summed E-state index contributed by atoms with van der Waals surface area (Å²) in [5.74, 6) is -0.186. The number of amides is 2. The topological polar surface area (TPSA) is 71.8 Å². The largest absolute Gasteiger partial charge is 0.364 e. The zero-order valence-electron chi connectivity index (χ0n) is 15.8. The summed E-state index contributed by atoms with van der Waals surface area (Å²) in [6, 6.07) is 14.7. The molecule has 0 unspecified atom stereocenters. The monoisotopic (exact) mass is 381 g/mol. The maximum absolute atomic E-state index is 12.8. The molecule has 0 saturated carbocycles. The van der Waals surface area contributed by atoms with Crippen LogP contribution in [0, 0.1) is 0 Å². The molecular weight excluding hydrogens is 358 g/mol. The molecule has 0 radical (unpaired) electrons. The van der Waals surface area contributed by atoms with Crippen molar-refractivity contribution in [1.29, 1.82) is 0 Å². The number of morpholine rings is 1. The van der Waals surface area contributed by atoms with Crippen molar-refractivity contribution in [3.63, 3.8) is 0 Å². The Morgan fingerprint density at radius 1 is 1.14 bits per heavy atom. The number of pyridine rings is 1. The smallest absolute Gasteiger partial charge is 0.250 e. The average molecular weight is 381 g/mol. The summed E-state index contributed by atoms with van der Waals surface area (Å²) in [5.41, 5.74) is 0.226. The number of carbonyl (C=O) groups is 2. The van der Waals surface area contributed by atoms with Crippen LogP contribution in [0.3, 0.4) is 0 Å². The number of ether oxygens (including phenoxy) is 1. The molecule has 2 aliphatic rings. The van der Waals surface area contributed by atoms with E-state index in [1.165, 1.54) is 10.6 Å². The van der Waals surface area contributed by atoms with Crippen molar-refractivity contribution in [3.8, 4) is 0 Å². The summed E-state index contributed by atoms with van der Waals surface area (Å²) < 4.78 is 7.32. The average Bonchev–Trinajstić information content (AvgIpc) is 2.73. The van der Waals surface area contributed by atoms with E-state index in [2.05, 4.69) is 0 Å². The second-order valence-electron chi connectivity index (χ2n) is 7.30. The van der Waals surface area contributed by atoms with Gasteiger partial charge in [-0.15, -0.1) is 0 Å². The third-order valence-corrected chi connectivity index (χ3v) is 5.89. The van der Waals surface area contributed by atoms with E-state index in [-0.39, 0.29) is 36.6 Å². The number of nitrogens with zero attached hydrogens (tertiary/aromatic N) is 3. The van der Waals surface area contributed by atoms with Crippen LogP contribution < -0.4 is 5.56 Å². The Bertz CT molecular complexity index is 942. The summed E-state index contributed by atoms with van der Waals surface area (Å²) in [4.78, 5) is 40.6. The molecule has 4 rings (SSSR count). The van der Waals surface area contributed by atoms with Crippen LogP contribution in [-0.4, -0.2) is 59.0 Å². The normalized spacial score (nSPS) is 24.8. The molecule has 0 N–H and O–H groups in total. The van der Waals surface area contributed by atoms with Gasteiger partial charge in [-0.05, 0) is 18.1 Å². The van der Waals surface area contributed by atoms with E-state index < -0.39 is 5.54 Å². The van der Waals surface area contributed by atoms with Crippen molar-refractivity contribution >= 4 is 11.8 Å². The number of piperidine rings is 1. The summed E-state index contributed by atoms with van der Waals surface area (Å²) in [6.45, 7) is 0.884. The Morgan fingerprint density at radius 2 is 1.89 bits per heavy atom. The first-order valence-corrected chi connectivity index (χ1v) is 9.39. The molecule has 7 nitrogen and oxygen atoms in total. The number of fused-ring (bicyclic) bond motifs is 1. The molecule has 2 saturated heterocycles. The van der Waals surface area contributed by atoms with Crippen molar-refractivity contribution in [2.75, 3.05) is 26.7 Å². The molecule has 2 atom stereocenters. The SMILES string of the molecule is CN1C(=O)CO[C@@H]2CN(C(=O)Cn3ccccc3=O)CC[C@]21c1ccccc1. The highest BCUT2D eigenvalue weighted by Crippen LogP contribution is 2.42. The second kappa shape index (κ2) is 7.24. The zero-order chi connectivity index (χ0) is 19.7. The molecular formula is C21H23N3O4. The first-order chi connectivity index (χ1) is 13.5. The Labute approximate surface area is 163 Å². The molecule has 3 heterocycles. The van der Waals surface area contributed by atoms with E-state index in [0.717, 1.165) is 5.56 Å². The molecule has 2 aliphatic heterocycles. The van der Waals surface area contributed by atoms with Crippen molar-refractivity contribution in [2.24, 2.45) is 0 Å². The quantitative estimate of drug-likeness (QED) is 0.790. The molecule has 28 heavy (non-hydrogen) atoms. The van der Waals surface area contributed by atoms with E-state index >= 15 is 0 Å². The van der Waals surface area contributed by atoms with E-state index in [0.29, 0.717) is 19.5 Å². The number of benzene rings is 1. The van der Waals surface area contributed by atoms with Gasteiger partial charge in [0.05, 0.1) is 5.54 Å². The van der Waals surface area contributed by atoms with Crippen LogP contribution in [0.15, 0.2) is 59.5 Å². The highest BCUT2D eigenvalue weighted by Gasteiger charge is 2.53. The fourth-order valence-electron chi connectivity index (χ4n) is 4.29. The third kappa shape index (κ3) is 3.01. The lowest BCUT2D eigenvalue weighted by atomic mass is 9.76. The minimum absolute atomic E-state index is 0.000496. The van der Waals surface area contributed by atoms with Gasteiger partial charge in [0.2, 0.25) is 11.8 Å². The van der Waals surface area contributed by atoms with Gasteiger partial charge in [-0.1, -0.05) is 36.4 Å². The predicted molar refractivity (Wildman–Crippen MR) is 103 cm³/mol. The fourth-order valence-corrected chi connectivity index (χ4v) is 4.29. The van der Waals surface area contributed by atoms with Crippen LogP contribution in [0.5, 0.6) is 0 Å². The Morgan fingerprint density at radius 3 is 2.64 bits per heavy atom. The van der Waals surface area contributed by atoms with Crippen LogP contribution in [-0.2, 0) is 26.4 Å². The number of rotatable bonds is 3. The predicted octanol–water partition coefficient (Wildman–Crippen LogP) is 0.833. The summed E-state index contributed by atoms with van der Waals surface area (Å²) in [5, 5.41) is 0. The minimum Gasteiger partial charge on any atom is -0.364 e. The van der Waals surface area contributed by atoms with E-state index in [4.69, 9.17) is 4.74 Å². The molecule has 146 valence electrons. The van der Waals surface area contributed by atoms with Crippen LogP contribution in [0.4, 0.5) is 0 Å². The Hall–Kier alpha value is -2.93. The molecule has 0 bridgehead atoms. The molecule has 7 heteroatoms. The maximum Gasteiger partial charge on any atom is 0.250 e. The lowest BCUT2D eigenvalue weighted by Crippen LogP contribution is -2.67. The lowest BCUT2D eigenvalue weighted by Gasteiger charge is -2.54. The number of likely N-dealkylation sites (N-methyl/N-ethyl adjacent to an activating group) is 1. The first-order valence-electron chi connectivity index (χ1n) is 9.39. The zero-order valence-corrected chi connectivity index (χ0v) is 15.8. The van der Waals surface area contributed by atoms with Gasteiger partial charge in [-0.2, -0.15) is 0 Å². The van der Waals surface area contributed by atoms with Gasteiger partial charge < -0.3 is 19.1 Å². The van der Waals surface area contributed by atoms with E-state index in [1.54, 1.807) is 28.1 Å². The highest BCUT2D eigenvalue weighted by atomic mass is 16.5. The van der Waals surface area contributed by atoms with E-state index in [9.17, 15) is 14.4 Å². The van der Waals surface area contributed by atoms with Gasteiger partial charge in [0.1, 0.15) is 19.3 Å². The van der Waals surface area contributed by atoms with Gasteiger partial charge in [0.25, 0.3) is 5.56 Å². The van der Waals surface area contributed by atoms with Crippen molar-refractivity contribution in [1.82, 2.24) is 14.4 Å². The van der Waals surface area contributed by atoms with Crippen molar-refractivity contribution in [2.45, 2.75) is 24.6 Å². The van der Waals surface area contributed by atoms with Gasteiger partial charge in [0.15, 0.2) is 0 Å². The summed E-state index contributed by atoms with van der Waals surface area (Å²) in [7, 11) is 1.81. The number of likely N-dealkylation sites (tertiary alicyclic amines) is 1. The molecule has 1 aromatic carbocycles. The minimum atomic E-state index is -0.586. The molecule has 0 aliphatic carbocycles. The van der Waals surface area contributed by atoms with E-state index in [1.807, 2.05) is 37.4 Å².